The fourth-order valence-electron chi connectivity index (χ4n) is 7.33. The van der Waals surface area contributed by atoms with Crippen LogP contribution in [0.15, 0.2) is 72.8 Å². The van der Waals surface area contributed by atoms with E-state index in [1.165, 1.54) is 11.8 Å². The monoisotopic (exact) mass is 586 g/mol. The normalized spacial score (nSPS) is 32.2. The lowest BCUT2D eigenvalue weighted by Gasteiger charge is -2.40. The molecule has 1 spiro atoms. The van der Waals surface area contributed by atoms with E-state index in [9.17, 15) is 19.5 Å². The Morgan fingerprint density at radius 2 is 1.81 bits per heavy atom. The van der Waals surface area contributed by atoms with E-state index in [0.29, 0.717) is 19.6 Å². The number of thioether (sulfide) groups is 1. The molecule has 2 amide bonds. The SMILES string of the molecule is Cc1ccc(C)c(N2CC=C[C@]34S[C@@]5(C)/C=C\CCCOC(=O)[C@H]5[C@H]3C(=O)N([C@@H](CO)Cc3ccccc3)C4C2=O)c1. The van der Waals surface area contributed by atoms with Crippen LogP contribution in [0.5, 0.6) is 0 Å². The summed E-state index contributed by atoms with van der Waals surface area (Å²) in [6, 6.07) is 14.2. The Kier molecular flexibility index (Phi) is 7.56. The van der Waals surface area contributed by atoms with Crippen LogP contribution in [-0.4, -0.2) is 69.1 Å². The number of fused-ring (bicyclic) bond motifs is 2. The second kappa shape index (κ2) is 11.0. The molecule has 4 aliphatic rings. The maximum Gasteiger partial charge on any atom is 0.311 e. The van der Waals surface area contributed by atoms with Gasteiger partial charge in [0.15, 0.2) is 0 Å². The molecule has 6 rings (SSSR count). The highest BCUT2D eigenvalue weighted by molar-refractivity contribution is 8.02. The van der Waals surface area contributed by atoms with Crippen molar-refractivity contribution in [3.63, 3.8) is 0 Å². The molecule has 1 unspecified atom stereocenters. The third-order valence-electron chi connectivity index (χ3n) is 9.26. The number of rotatable bonds is 5. The van der Waals surface area contributed by atoms with E-state index < -0.39 is 39.4 Å². The molecule has 6 atom stereocenters. The van der Waals surface area contributed by atoms with Crippen molar-refractivity contribution < 1.29 is 24.2 Å². The van der Waals surface area contributed by atoms with Gasteiger partial charge in [0.1, 0.15) is 6.04 Å². The number of cyclic esters (lactones) is 1. The van der Waals surface area contributed by atoms with Crippen LogP contribution in [0, 0.1) is 25.7 Å². The maximum atomic E-state index is 14.9. The molecule has 2 fully saturated rings. The first kappa shape index (κ1) is 28.7. The minimum absolute atomic E-state index is 0.198. The highest BCUT2D eigenvalue weighted by Crippen LogP contribution is 2.65. The number of anilines is 1. The first-order valence-electron chi connectivity index (χ1n) is 14.8. The number of esters is 1. The van der Waals surface area contributed by atoms with Crippen LogP contribution >= 0.6 is 11.8 Å². The maximum absolute atomic E-state index is 14.9. The number of carbonyl (C=O) groups is 3. The quantitative estimate of drug-likeness (QED) is 0.413. The Morgan fingerprint density at radius 1 is 1.02 bits per heavy atom. The number of hydrogen-bond donors (Lipinski definition) is 1. The number of likely N-dealkylation sites (tertiary alicyclic amines) is 1. The molecule has 4 aliphatic heterocycles. The molecule has 2 aromatic carbocycles. The number of nitrogens with zero attached hydrogens (tertiary/aromatic N) is 2. The summed E-state index contributed by atoms with van der Waals surface area (Å²) in [5.74, 6) is -2.45. The summed E-state index contributed by atoms with van der Waals surface area (Å²) in [4.78, 5) is 46.8. The van der Waals surface area contributed by atoms with Gasteiger partial charge in [-0.05, 0) is 62.8 Å². The Morgan fingerprint density at radius 3 is 2.57 bits per heavy atom. The van der Waals surface area contributed by atoms with Crippen molar-refractivity contribution in [3.8, 4) is 0 Å². The molecule has 42 heavy (non-hydrogen) atoms. The van der Waals surface area contributed by atoms with Gasteiger partial charge in [-0.15, -0.1) is 11.8 Å². The lowest BCUT2D eigenvalue weighted by molar-refractivity contribution is -0.154. The molecule has 2 saturated heterocycles. The molecular weight excluding hydrogens is 548 g/mol. The van der Waals surface area contributed by atoms with Gasteiger partial charge in [-0.25, -0.2) is 0 Å². The fourth-order valence-corrected chi connectivity index (χ4v) is 9.47. The number of aliphatic hydroxyl groups excluding tert-OH is 1. The van der Waals surface area contributed by atoms with Crippen molar-refractivity contribution in [1.29, 1.82) is 0 Å². The minimum Gasteiger partial charge on any atom is -0.465 e. The Balaban J connectivity index is 1.52. The van der Waals surface area contributed by atoms with Crippen molar-refractivity contribution in [2.75, 3.05) is 24.7 Å². The Labute approximate surface area is 251 Å². The van der Waals surface area contributed by atoms with Crippen LogP contribution in [-0.2, 0) is 25.5 Å². The minimum atomic E-state index is -1.01. The van der Waals surface area contributed by atoms with E-state index in [1.54, 1.807) is 9.80 Å². The van der Waals surface area contributed by atoms with E-state index in [2.05, 4.69) is 12.2 Å². The summed E-state index contributed by atoms with van der Waals surface area (Å²) in [5, 5.41) is 10.7. The number of hydrogen-bond acceptors (Lipinski definition) is 6. The van der Waals surface area contributed by atoms with Crippen LogP contribution in [0.2, 0.25) is 0 Å². The van der Waals surface area contributed by atoms with Gasteiger partial charge in [0.25, 0.3) is 5.91 Å². The lowest BCUT2D eigenvalue weighted by Crippen LogP contribution is -2.57. The Bertz CT molecular complexity index is 1460. The third-order valence-corrected chi connectivity index (χ3v) is 11.1. The van der Waals surface area contributed by atoms with Gasteiger partial charge in [-0.2, -0.15) is 0 Å². The van der Waals surface area contributed by atoms with Gasteiger partial charge in [-0.3, -0.25) is 14.4 Å². The molecule has 7 nitrogen and oxygen atoms in total. The van der Waals surface area contributed by atoms with E-state index in [1.807, 2.05) is 81.5 Å². The molecule has 0 radical (unpaired) electrons. The van der Waals surface area contributed by atoms with E-state index in [-0.39, 0.29) is 18.4 Å². The van der Waals surface area contributed by atoms with Crippen molar-refractivity contribution in [3.05, 3.63) is 89.5 Å². The van der Waals surface area contributed by atoms with Crippen LogP contribution in [0.4, 0.5) is 5.69 Å². The fraction of sp³-hybridized carbons (Fsp3) is 0.441. The second-order valence-electron chi connectivity index (χ2n) is 12.1. The van der Waals surface area contributed by atoms with E-state index >= 15 is 0 Å². The van der Waals surface area contributed by atoms with Crippen LogP contribution in [0.25, 0.3) is 0 Å². The lowest BCUT2D eigenvalue weighted by atomic mass is 9.74. The van der Waals surface area contributed by atoms with Crippen molar-refractivity contribution in [2.24, 2.45) is 11.8 Å². The van der Waals surface area contributed by atoms with Crippen LogP contribution in [0.1, 0.15) is 36.5 Å². The third kappa shape index (κ3) is 4.60. The second-order valence-corrected chi connectivity index (χ2v) is 13.9. The van der Waals surface area contributed by atoms with Gasteiger partial charge in [0.2, 0.25) is 5.91 Å². The van der Waals surface area contributed by atoms with Gasteiger partial charge >= 0.3 is 5.97 Å². The first-order valence-corrected chi connectivity index (χ1v) is 15.6. The van der Waals surface area contributed by atoms with Crippen molar-refractivity contribution in [2.45, 2.75) is 61.6 Å². The van der Waals surface area contributed by atoms with Crippen molar-refractivity contribution in [1.82, 2.24) is 4.90 Å². The molecule has 2 aromatic rings. The van der Waals surface area contributed by atoms with Crippen molar-refractivity contribution >= 4 is 35.2 Å². The van der Waals surface area contributed by atoms with E-state index in [4.69, 9.17) is 4.74 Å². The standard InChI is InChI=1S/C34H38N2O5S/c1-22-13-14-23(2)26(19-22)35-17-10-16-34-27(28-32(40)41-18-9-5-8-15-33(28,3)42-34)30(38)36(29(34)31(35)39)25(21-37)20-24-11-6-4-7-12-24/h4,6-8,10-16,19,25,27-29,37H,5,9,17-18,20-21H2,1-3H3/b15-8-/t25-,27+,28-,29?,33+,34+/m1/s1. The molecule has 4 heterocycles. The van der Waals surface area contributed by atoms with Gasteiger partial charge in [0.05, 0.1) is 35.8 Å². The van der Waals surface area contributed by atoms with Crippen LogP contribution in [0.3, 0.4) is 0 Å². The molecule has 0 aromatic heterocycles. The summed E-state index contributed by atoms with van der Waals surface area (Å²) >= 11 is 1.53. The van der Waals surface area contributed by atoms with Gasteiger partial charge < -0.3 is 19.6 Å². The highest BCUT2D eigenvalue weighted by atomic mass is 32.2. The van der Waals surface area contributed by atoms with Crippen LogP contribution < -0.4 is 4.90 Å². The molecule has 0 aliphatic carbocycles. The number of aryl methyl sites for hydroxylation is 2. The number of allylic oxidation sites excluding steroid dienone is 1. The predicted molar refractivity (Wildman–Crippen MR) is 164 cm³/mol. The summed E-state index contributed by atoms with van der Waals surface area (Å²) in [5.41, 5.74) is 3.76. The summed E-state index contributed by atoms with van der Waals surface area (Å²) in [7, 11) is 0. The topological polar surface area (TPSA) is 87.2 Å². The van der Waals surface area contributed by atoms with Gasteiger partial charge in [0, 0.05) is 17.0 Å². The highest BCUT2D eigenvalue weighted by Gasteiger charge is 2.74. The molecule has 220 valence electrons. The predicted octanol–water partition coefficient (Wildman–Crippen LogP) is 4.39. The number of carbonyl (C=O) groups excluding carboxylic acids is 3. The number of amides is 2. The average Bonchev–Trinajstić information content (AvgIpc) is 3.33. The zero-order valence-electron chi connectivity index (χ0n) is 24.4. The van der Waals surface area contributed by atoms with E-state index in [0.717, 1.165) is 35.2 Å². The molecule has 0 bridgehead atoms. The molecular formula is C34H38N2O5S. The zero-order chi connectivity index (χ0) is 29.6. The average molecular weight is 587 g/mol. The summed E-state index contributed by atoms with van der Waals surface area (Å²) < 4.78 is 3.99. The number of benzene rings is 2. The number of aliphatic hydroxyl groups is 1. The zero-order valence-corrected chi connectivity index (χ0v) is 25.2. The Hall–Kier alpha value is -3.36. The summed E-state index contributed by atoms with van der Waals surface area (Å²) in [6.45, 7) is 6.31. The number of ether oxygens (including phenoxy) is 1. The summed E-state index contributed by atoms with van der Waals surface area (Å²) in [6.07, 6.45) is 10.0. The molecule has 0 saturated carbocycles. The first-order chi connectivity index (χ1) is 20.2. The largest absolute Gasteiger partial charge is 0.465 e. The molecule has 1 N–H and O–H groups in total. The van der Waals surface area contributed by atoms with Gasteiger partial charge in [-0.1, -0.05) is 66.8 Å². The molecule has 8 heteroatoms. The smallest absolute Gasteiger partial charge is 0.311 e.